The number of nitrogens with zero attached hydrogens (tertiary/aromatic N) is 6. The summed E-state index contributed by atoms with van der Waals surface area (Å²) in [6.45, 7) is 1.77. The second kappa shape index (κ2) is 4.69. The minimum Gasteiger partial charge on any atom is -0.374 e. The van der Waals surface area contributed by atoms with Crippen molar-refractivity contribution in [1.29, 1.82) is 0 Å². The van der Waals surface area contributed by atoms with Crippen molar-refractivity contribution in [2.24, 2.45) is 0 Å². The number of rotatable bonds is 3. The van der Waals surface area contributed by atoms with Crippen LogP contribution >= 0.6 is 11.3 Å². The van der Waals surface area contributed by atoms with E-state index in [9.17, 15) is 0 Å². The monoisotopic (exact) mass is 264 g/mol. The summed E-state index contributed by atoms with van der Waals surface area (Å²) < 4.78 is 0. The maximum absolute atomic E-state index is 5.54. The van der Waals surface area contributed by atoms with E-state index in [1.54, 1.807) is 6.20 Å². The molecule has 3 N–H and O–H groups in total. The summed E-state index contributed by atoms with van der Waals surface area (Å²) in [4.78, 5) is 6.11. The van der Waals surface area contributed by atoms with Gasteiger partial charge in [0.05, 0.1) is 6.20 Å². The minimum absolute atomic E-state index is 0.319. The van der Waals surface area contributed by atoms with Crippen LogP contribution in [0.3, 0.4) is 0 Å². The molecule has 3 heterocycles. The number of hydrogen-bond donors (Lipinski definition) is 2. The molecule has 1 fully saturated rings. The number of nitrogens with one attached hydrogen (secondary N) is 1. The van der Waals surface area contributed by atoms with E-state index >= 15 is 0 Å². The highest BCUT2D eigenvalue weighted by Gasteiger charge is 2.24. The largest absolute Gasteiger partial charge is 0.374 e. The highest BCUT2D eigenvalue weighted by molar-refractivity contribution is 7.18. The third-order valence-corrected chi connectivity index (χ3v) is 3.43. The van der Waals surface area contributed by atoms with Crippen LogP contribution in [0.4, 0.5) is 16.1 Å². The van der Waals surface area contributed by atoms with Crippen LogP contribution in [0.2, 0.25) is 0 Å². The fraction of sp³-hybridized carbons (Fsp3) is 0.444. The summed E-state index contributed by atoms with van der Waals surface area (Å²) in [5.41, 5.74) is 5.54. The van der Waals surface area contributed by atoms with E-state index in [0.717, 1.165) is 30.5 Å². The van der Waals surface area contributed by atoms with Gasteiger partial charge in [-0.05, 0) is 6.42 Å². The summed E-state index contributed by atoms with van der Waals surface area (Å²) in [7, 11) is 0. The third kappa shape index (κ3) is 2.30. The molecule has 1 atom stereocenters. The van der Waals surface area contributed by atoms with E-state index in [1.807, 2.05) is 0 Å². The van der Waals surface area contributed by atoms with Crippen molar-refractivity contribution >= 4 is 27.4 Å². The fourth-order valence-electron chi connectivity index (χ4n) is 1.94. The Bertz CT molecular complexity index is 514. The highest BCUT2D eigenvalue weighted by Crippen LogP contribution is 2.22. The molecule has 8 nitrogen and oxygen atoms in total. The summed E-state index contributed by atoms with van der Waals surface area (Å²) >= 11 is 1.36. The smallest absolute Gasteiger partial charge is 0.207 e. The van der Waals surface area contributed by atoms with Crippen LogP contribution in [0, 0.1) is 0 Å². The Kier molecular flexibility index (Phi) is 2.89. The molecule has 2 aromatic heterocycles. The van der Waals surface area contributed by atoms with Crippen molar-refractivity contribution < 1.29 is 0 Å². The Balaban J connectivity index is 1.62. The average molecular weight is 264 g/mol. The molecule has 18 heavy (non-hydrogen) atoms. The molecule has 0 radical (unpaired) electrons. The lowest BCUT2D eigenvalue weighted by molar-refractivity contribution is 0.798. The Labute approximate surface area is 107 Å². The van der Waals surface area contributed by atoms with Crippen LogP contribution in [-0.2, 0) is 0 Å². The molecule has 0 amide bonds. The first kappa shape index (κ1) is 11.1. The molecule has 0 bridgehead atoms. The predicted molar refractivity (Wildman–Crippen MR) is 68.4 cm³/mol. The minimum atomic E-state index is 0.319. The van der Waals surface area contributed by atoms with E-state index in [1.165, 1.54) is 17.7 Å². The van der Waals surface area contributed by atoms with Crippen LogP contribution in [0.1, 0.15) is 6.42 Å². The molecule has 0 saturated carbocycles. The number of nitrogens with two attached hydrogens (primary N) is 1. The molecule has 0 spiro atoms. The van der Waals surface area contributed by atoms with Gasteiger partial charge in [0.25, 0.3) is 0 Å². The summed E-state index contributed by atoms with van der Waals surface area (Å²) in [6, 6.07) is 0.319. The third-order valence-electron chi connectivity index (χ3n) is 2.75. The Morgan fingerprint density at radius 3 is 3.06 bits per heavy atom. The van der Waals surface area contributed by atoms with Crippen molar-refractivity contribution in [3.8, 4) is 0 Å². The first-order valence-electron chi connectivity index (χ1n) is 5.54. The zero-order valence-electron chi connectivity index (χ0n) is 9.52. The van der Waals surface area contributed by atoms with E-state index in [2.05, 4.69) is 35.6 Å². The molecule has 3 rings (SSSR count). The van der Waals surface area contributed by atoms with Gasteiger partial charge in [-0.3, -0.25) is 0 Å². The lowest BCUT2D eigenvalue weighted by Crippen LogP contribution is -2.26. The van der Waals surface area contributed by atoms with E-state index in [-0.39, 0.29) is 0 Å². The van der Waals surface area contributed by atoms with Crippen LogP contribution in [0.5, 0.6) is 0 Å². The van der Waals surface area contributed by atoms with Crippen molar-refractivity contribution in [1.82, 2.24) is 25.4 Å². The average Bonchev–Trinajstić information content (AvgIpc) is 3.01. The quantitative estimate of drug-likeness (QED) is 0.797. The normalized spacial score (nSPS) is 19.1. The lowest BCUT2D eigenvalue weighted by Gasteiger charge is -2.16. The maximum Gasteiger partial charge on any atom is 0.207 e. The maximum atomic E-state index is 5.54. The van der Waals surface area contributed by atoms with Gasteiger partial charge in [0.2, 0.25) is 10.3 Å². The van der Waals surface area contributed by atoms with E-state index in [0.29, 0.717) is 11.2 Å². The summed E-state index contributed by atoms with van der Waals surface area (Å²) in [5, 5.41) is 20.1. The molecule has 1 aliphatic heterocycles. The second-order valence-electron chi connectivity index (χ2n) is 3.99. The van der Waals surface area contributed by atoms with Gasteiger partial charge >= 0.3 is 0 Å². The van der Waals surface area contributed by atoms with Gasteiger partial charge in [-0.1, -0.05) is 11.3 Å². The first-order chi connectivity index (χ1) is 8.81. The van der Waals surface area contributed by atoms with Gasteiger partial charge in [-0.25, -0.2) is 4.98 Å². The Morgan fingerprint density at radius 2 is 2.33 bits per heavy atom. The zero-order valence-corrected chi connectivity index (χ0v) is 10.3. The van der Waals surface area contributed by atoms with Crippen molar-refractivity contribution in [2.45, 2.75) is 12.5 Å². The molecule has 9 heteroatoms. The molecule has 0 unspecified atom stereocenters. The number of hydrogen-bond acceptors (Lipinski definition) is 9. The van der Waals surface area contributed by atoms with Crippen molar-refractivity contribution in [3.05, 3.63) is 12.5 Å². The van der Waals surface area contributed by atoms with Gasteiger partial charge in [0.15, 0.2) is 5.82 Å². The number of aromatic nitrogens is 5. The van der Waals surface area contributed by atoms with Crippen molar-refractivity contribution in [2.75, 3.05) is 29.0 Å². The van der Waals surface area contributed by atoms with Crippen LogP contribution in [0.15, 0.2) is 12.5 Å². The zero-order chi connectivity index (χ0) is 12.4. The SMILES string of the molecule is Nc1nnc(N[C@@H]2CCN(c3cncnn3)C2)s1. The number of anilines is 3. The van der Waals surface area contributed by atoms with Crippen LogP contribution in [0.25, 0.3) is 0 Å². The molecule has 1 aliphatic rings. The first-order valence-corrected chi connectivity index (χ1v) is 6.36. The molecule has 0 aromatic carbocycles. The molecule has 94 valence electrons. The fourth-order valence-corrected chi connectivity index (χ4v) is 2.53. The topological polar surface area (TPSA) is 106 Å². The van der Waals surface area contributed by atoms with Crippen LogP contribution in [-0.4, -0.2) is 44.5 Å². The molecular formula is C9H12N8S. The summed E-state index contributed by atoms with van der Waals surface area (Å²) in [6.07, 6.45) is 4.16. The van der Waals surface area contributed by atoms with Gasteiger partial charge in [0.1, 0.15) is 6.33 Å². The van der Waals surface area contributed by atoms with E-state index in [4.69, 9.17) is 5.73 Å². The molecule has 0 aliphatic carbocycles. The lowest BCUT2D eigenvalue weighted by atomic mass is 10.3. The van der Waals surface area contributed by atoms with Gasteiger partial charge in [-0.2, -0.15) is 0 Å². The molecule has 1 saturated heterocycles. The molecular weight excluding hydrogens is 252 g/mol. The van der Waals surface area contributed by atoms with Gasteiger partial charge in [-0.15, -0.1) is 20.4 Å². The Hall–Kier alpha value is -2.03. The van der Waals surface area contributed by atoms with Gasteiger partial charge < -0.3 is 16.0 Å². The van der Waals surface area contributed by atoms with Crippen LogP contribution < -0.4 is 16.0 Å². The standard InChI is InChI=1S/C9H12N8S/c10-8-15-16-9(18-8)13-6-1-2-17(4-6)7-3-11-5-12-14-7/h3,5-6H,1-2,4H2,(H2,10,15)(H,13,16)/t6-/m1/s1. The predicted octanol–water partition coefficient (Wildman–Crippen LogP) is -0.00390. The Morgan fingerprint density at radius 1 is 1.39 bits per heavy atom. The number of nitrogen functional groups attached to an aromatic ring is 1. The van der Waals surface area contributed by atoms with Gasteiger partial charge in [0, 0.05) is 19.1 Å². The molecule has 2 aromatic rings. The van der Waals surface area contributed by atoms with E-state index < -0.39 is 0 Å². The highest BCUT2D eigenvalue weighted by atomic mass is 32.1. The second-order valence-corrected chi connectivity index (χ2v) is 5.00. The van der Waals surface area contributed by atoms with Crippen molar-refractivity contribution in [3.63, 3.8) is 0 Å². The summed E-state index contributed by atoms with van der Waals surface area (Å²) in [5.74, 6) is 0.804.